The molecule has 0 saturated heterocycles. The second kappa shape index (κ2) is 7.34. The van der Waals surface area contributed by atoms with Crippen molar-refractivity contribution in [3.8, 4) is 0 Å². The largest absolute Gasteiger partial charge is 0.353 e. The highest BCUT2D eigenvalue weighted by molar-refractivity contribution is 5.85. The highest BCUT2D eigenvalue weighted by Crippen LogP contribution is 2.28. The van der Waals surface area contributed by atoms with Crippen LogP contribution in [0.3, 0.4) is 0 Å². The summed E-state index contributed by atoms with van der Waals surface area (Å²) in [5.74, 6) is 1.12. The van der Waals surface area contributed by atoms with Crippen molar-refractivity contribution in [2.75, 3.05) is 0 Å². The van der Waals surface area contributed by atoms with E-state index in [2.05, 4.69) is 12.2 Å². The average molecular weight is 275 g/mol. The third kappa shape index (κ3) is 4.13. The highest BCUT2D eigenvalue weighted by atomic mass is 35.5. The van der Waals surface area contributed by atoms with Crippen LogP contribution in [0.2, 0.25) is 0 Å². The van der Waals surface area contributed by atoms with Gasteiger partial charge in [0.05, 0.1) is 0 Å². The van der Waals surface area contributed by atoms with Crippen LogP contribution in [-0.2, 0) is 4.79 Å². The van der Waals surface area contributed by atoms with Crippen molar-refractivity contribution in [1.29, 1.82) is 0 Å². The van der Waals surface area contributed by atoms with Crippen LogP contribution in [0.1, 0.15) is 58.3 Å². The highest BCUT2D eigenvalue weighted by Gasteiger charge is 2.30. The topological polar surface area (TPSA) is 55.1 Å². The first-order valence-corrected chi connectivity index (χ1v) is 7.22. The Morgan fingerprint density at radius 1 is 1.17 bits per heavy atom. The van der Waals surface area contributed by atoms with Crippen LogP contribution < -0.4 is 11.1 Å². The van der Waals surface area contributed by atoms with Gasteiger partial charge in [-0.15, -0.1) is 12.4 Å². The lowest BCUT2D eigenvalue weighted by atomic mass is 9.84. The first-order valence-electron chi connectivity index (χ1n) is 7.22. The Kier molecular flexibility index (Phi) is 6.44. The van der Waals surface area contributed by atoms with Crippen LogP contribution in [0, 0.1) is 11.8 Å². The van der Waals surface area contributed by atoms with E-state index in [4.69, 9.17) is 5.73 Å². The number of rotatable bonds is 3. The van der Waals surface area contributed by atoms with Gasteiger partial charge >= 0.3 is 0 Å². The number of amides is 1. The molecule has 0 bridgehead atoms. The predicted molar refractivity (Wildman–Crippen MR) is 76.7 cm³/mol. The summed E-state index contributed by atoms with van der Waals surface area (Å²) >= 11 is 0. The average Bonchev–Trinajstić information content (AvgIpc) is 2.77. The van der Waals surface area contributed by atoms with E-state index in [1.54, 1.807) is 0 Å². The molecule has 2 saturated carbocycles. The van der Waals surface area contributed by atoms with Gasteiger partial charge in [-0.2, -0.15) is 0 Å². The molecule has 0 aromatic rings. The number of halogens is 1. The van der Waals surface area contributed by atoms with Gasteiger partial charge in [-0.3, -0.25) is 4.79 Å². The summed E-state index contributed by atoms with van der Waals surface area (Å²) in [6.07, 6.45) is 9.47. The molecule has 2 fully saturated rings. The van der Waals surface area contributed by atoms with Crippen molar-refractivity contribution in [1.82, 2.24) is 5.32 Å². The lowest BCUT2D eigenvalue weighted by molar-refractivity contribution is -0.125. The molecule has 0 aromatic carbocycles. The van der Waals surface area contributed by atoms with Crippen molar-refractivity contribution < 1.29 is 4.79 Å². The van der Waals surface area contributed by atoms with Crippen LogP contribution in [0.15, 0.2) is 0 Å². The molecular weight excluding hydrogens is 248 g/mol. The van der Waals surface area contributed by atoms with E-state index in [1.807, 2.05) is 0 Å². The minimum absolute atomic E-state index is 0. The van der Waals surface area contributed by atoms with Crippen molar-refractivity contribution in [2.45, 2.75) is 70.4 Å². The van der Waals surface area contributed by atoms with Gasteiger partial charge < -0.3 is 11.1 Å². The quantitative estimate of drug-likeness (QED) is 0.831. The van der Waals surface area contributed by atoms with Crippen LogP contribution >= 0.6 is 12.4 Å². The molecule has 2 rings (SSSR count). The molecule has 3 unspecified atom stereocenters. The molecule has 0 radical (unpaired) electrons. The fourth-order valence-electron chi connectivity index (χ4n) is 3.35. The van der Waals surface area contributed by atoms with E-state index in [9.17, 15) is 4.79 Å². The molecular formula is C14H27ClN2O. The lowest BCUT2D eigenvalue weighted by Crippen LogP contribution is -2.41. The van der Waals surface area contributed by atoms with Gasteiger partial charge in [0, 0.05) is 18.0 Å². The smallest absolute Gasteiger partial charge is 0.223 e. The maximum atomic E-state index is 12.1. The Labute approximate surface area is 117 Å². The van der Waals surface area contributed by atoms with Crippen molar-refractivity contribution in [2.24, 2.45) is 17.6 Å². The Morgan fingerprint density at radius 2 is 1.83 bits per heavy atom. The Bertz CT molecular complexity index is 267. The zero-order chi connectivity index (χ0) is 12.3. The summed E-state index contributed by atoms with van der Waals surface area (Å²) in [5.41, 5.74) is 5.86. The van der Waals surface area contributed by atoms with Gasteiger partial charge in [0.15, 0.2) is 0 Å². The van der Waals surface area contributed by atoms with E-state index in [0.29, 0.717) is 12.0 Å². The first kappa shape index (κ1) is 15.8. The third-order valence-corrected chi connectivity index (χ3v) is 4.57. The molecule has 0 aromatic heterocycles. The summed E-state index contributed by atoms with van der Waals surface area (Å²) < 4.78 is 0. The van der Waals surface area contributed by atoms with Gasteiger partial charge in [0.2, 0.25) is 5.91 Å². The monoisotopic (exact) mass is 274 g/mol. The third-order valence-electron chi connectivity index (χ3n) is 4.57. The molecule has 2 aliphatic carbocycles. The first-order chi connectivity index (χ1) is 8.16. The van der Waals surface area contributed by atoms with Crippen LogP contribution in [0.25, 0.3) is 0 Å². The number of carbonyl (C=O) groups excluding carboxylic acids is 1. The molecule has 0 heterocycles. The molecule has 0 spiro atoms. The predicted octanol–water partition coefficient (Wildman–Crippen LogP) is 2.62. The Morgan fingerprint density at radius 3 is 2.39 bits per heavy atom. The standard InChI is InChI=1S/C14H26N2O.ClH/c1-10(11-5-3-2-4-6-11)16-14(17)12-7-8-13(15)9-12;/h10-13H,2-9,15H2,1H3,(H,16,17);1H. The van der Waals surface area contributed by atoms with E-state index in [0.717, 1.165) is 19.3 Å². The maximum absolute atomic E-state index is 12.1. The number of hydrogen-bond donors (Lipinski definition) is 2. The number of nitrogens with one attached hydrogen (secondary N) is 1. The number of nitrogens with two attached hydrogens (primary N) is 1. The second-order valence-corrected chi connectivity index (χ2v) is 5.97. The van der Waals surface area contributed by atoms with Crippen molar-refractivity contribution in [3.05, 3.63) is 0 Å². The van der Waals surface area contributed by atoms with E-state index in [-0.39, 0.29) is 30.3 Å². The second-order valence-electron chi connectivity index (χ2n) is 5.97. The fraction of sp³-hybridized carbons (Fsp3) is 0.929. The van der Waals surface area contributed by atoms with E-state index >= 15 is 0 Å². The van der Waals surface area contributed by atoms with E-state index in [1.165, 1.54) is 32.1 Å². The number of hydrogen-bond acceptors (Lipinski definition) is 2. The van der Waals surface area contributed by atoms with Gasteiger partial charge in [-0.25, -0.2) is 0 Å². The van der Waals surface area contributed by atoms with Crippen LogP contribution in [0.4, 0.5) is 0 Å². The van der Waals surface area contributed by atoms with Crippen molar-refractivity contribution in [3.63, 3.8) is 0 Å². The van der Waals surface area contributed by atoms with Gasteiger partial charge in [-0.1, -0.05) is 19.3 Å². The molecule has 106 valence electrons. The van der Waals surface area contributed by atoms with Crippen molar-refractivity contribution >= 4 is 18.3 Å². The lowest BCUT2D eigenvalue weighted by Gasteiger charge is -2.29. The minimum atomic E-state index is 0. The zero-order valence-electron chi connectivity index (χ0n) is 11.4. The SMILES string of the molecule is CC(NC(=O)C1CCC(N)C1)C1CCCCC1.Cl. The normalized spacial score (nSPS) is 30.6. The summed E-state index contributed by atoms with van der Waals surface area (Å²) in [6, 6.07) is 0.593. The molecule has 3 nitrogen and oxygen atoms in total. The maximum Gasteiger partial charge on any atom is 0.223 e. The summed E-state index contributed by atoms with van der Waals surface area (Å²) in [4.78, 5) is 12.1. The molecule has 2 aliphatic rings. The number of carbonyl (C=O) groups is 1. The minimum Gasteiger partial charge on any atom is -0.353 e. The molecule has 4 heteroatoms. The van der Waals surface area contributed by atoms with Crippen LogP contribution in [0.5, 0.6) is 0 Å². The van der Waals surface area contributed by atoms with Gasteiger partial charge in [0.1, 0.15) is 0 Å². The Hall–Kier alpha value is -0.280. The molecule has 1 amide bonds. The van der Waals surface area contributed by atoms with E-state index < -0.39 is 0 Å². The van der Waals surface area contributed by atoms with Crippen LogP contribution in [-0.4, -0.2) is 18.0 Å². The summed E-state index contributed by atoms with van der Waals surface area (Å²) in [6.45, 7) is 2.17. The molecule has 3 N–H and O–H groups in total. The molecule has 0 aliphatic heterocycles. The molecule has 18 heavy (non-hydrogen) atoms. The van der Waals surface area contributed by atoms with Gasteiger partial charge in [-0.05, 0) is 44.9 Å². The fourth-order valence-corrected chi connectivity index (χ4v) is 3.35. The molecule has 3 atom stereocenters. The summed E-state index contributed by atoms with van der Waals surface area (Å²) in [5, 5.41) is 3.22. The summed E-state index contributed by atoms with van der Waals surface area (Å²) in [7, 11) is 0. The van der Waals surface area contributed by atoms with Gasteiger partial charge in [0.25, 0.3) is 0 Å². The Balaban J connectivity index is 0.00000162. The zero-order valence-corrected chi connectivity index (χ0v) is 12.2.